The molecule has 0 N–H and O–H groups in total. The standard InChI is InChI=1S/C20H23NO4S/c1-15(20(23)25-13-10-21-8-11-24-12-9-21)16-4-6-17(7-5-16)19(22)18-3-2-14-26-18/h2-7,14-15H,8-13H2,1H3/t15-/m0/s1. The summed E-state index contributed by atoms with van der Waals surface area (Å²) in [4.78, 5) is 27.5. The van der Waals surface area contributed by atoms with Crippen molar-refractivity contribution in [1.82, 2.24) is 4.90 Å². The van der Waals surface area contributed by atoms with Crippen LogP contribution in [0.25, 0.3) is 0 Å². The van der Waals surface area contributed by atoms with E-state index < -0.39 is 0 Å². The van der Waals surface area contributed by atoms with Crippen LogP contribution in [0.4, 0.5) is 0 Å². The van der Waals surface area contributed by atoms with Gasteiger partial charge in [0.15, 0.2) is 0 Å². The Morgan fingerprint density at radius 3 is 2.58 bits per heavy atom. The molecule has 0 radical (unpaired) electrons. The van der Waals surface area contributed by atoms with Crippen LogP contribution < -0.4 is 0 Å². The molecular formula is C20H23NO4S. The molecule has 0 aliphatic carbocycles. The average Bonchev–Trinajstić information content (AvgIpc) is 3.22. The van der Waals surface area contributed by atoms with Gasteiger partial charge in [-0.25, -0.2) is 0 Å². The Morgan fingerprint density at radius 1 is 1.19 bits per heavy atom. The first-order valence-corrected chi connectivity index (χ1v) is 9.68. The van der Waals surface area contributed by atoms with Crippen LogP contribution in [0, 0.1) is 0 Å². The molecule has 2 heterocycles. The first-order valence-electron chi connectivity index (χ1n) is 8.80. The van der Waals surface area contributed by atoms with E-state index in [2.05, 4.69) is 4.90 Å². The van der Waals surface area contributed by atoms with Gasteiger partial charge in [-0.05, 0) is 23.9 Å². The summed E-state index contributed by atoms with van der Waals surface area (Å²) in [5.74, 6) is -0.589. The third-order valence-corrected chi connectivity index (χ3v) is 5.40. The van der Waals surface area contributed by atoms with E-state index in [0.29, 0.717) is 17.0 Å². The van der Waals surface area contributed by atoms with Crippen molar-refractivity contribution in [2.45, 2.75) is 12.8 Å². The molecule has 1 aromatic carbocycles. The predicted molar refractivity (Wildman–Crippen MR) is 101 cm³/mol. The summed E-state index contributed by atoms with van der Waals surface area (Å²) in [7, 11) is 0. The van der Waals surface area contributed by atoms with E-state index in [1.54, 1.807) is 12.1 Å². The van der Waals surface area contributed by atoms with Gasteiger partial charge in [-0.1, -0.05) is 30.3 Å². The third kappa shape index (κ3) is 4.78. The SMILES string of the molecule is C[C@H](C(=O)OCCN1CCOCC1)c1ccc(C(=O)c2cccs2)cc1. The lowest BCUT2D eigenvalue weighted by Crippen LogP contribution is -2.38. The number of benzene rings is 1. The highest BCUT2D eigenvalue weighted by Crippen LogP contribution is 2.20. The van der Waals surface area contributed by atoms with Crippen molar-refractivity contribution < 1.29 is 19.1 Å². The molecule has 3 rings (SSSR count). The van der Waals surface area contributed by atoms with E-state index in [1.807, 2.05) is 36.6 Å². The first kappa shape index (κ1) is 18.8. The lowest BCUT2D eigenvalue weighted by Gasteiger charge is -2.26. The Hall–Kier alpha value is -2.02. The second-order valence-electron chi connectivity index (χ2n) is 6.27. The van der Waals surface area contributed by atoms with Gasteiger partial charge in [0.1, 0.15) is 6.61 Å². The van der Waals surface area contributed by atoms with Gasteiger partial charge >= 0.3 is 5.97 Å². The van der Waals surface area contributed by atoms with Crippen molar-refractivity contribution in [3.05, 3.63) is 57.8 Å². The van der Waals surface area contributed by atoms with Crippen LogP contribution in [-0.2, 0) is 14.3 Å². The zero-order chi connectivity index (χ0) is 18.4. The number of rotatable bonds is 7. The van der Waals surface area contributed by atoms with Gasteiger partial charge in [0.05, 0.1) is 24.0 Å². The van der Waals surface area contributed by atoms with Gasteiger partial charge in [0, 0.05) is 25.2 Å². The number of morpholine rings is 1. The van der Waals surface area contributed by atoms with Gasteiger partial charge in [0.25, 0.3) is 0 Å². The zero-order valence-corrected chi connectivity index (χ0v) is 15.7. The predicted octanol–water partition coefficient (Wildman–Crippen LogP) is 2.96. The molecule has 1 aromatic heterocycles. The van der Waals surface area contributed by atoms with Crippen molar-refractivity contribution in [2.75, 3.05) is 39.5 Å². The van der Waals surface area contributed by atoms with Gasteiger partial charge < -0.3 is 9.47 Å². The Kier molecular flexibility index (Phi) is 6.55. The average molecular weight is 373 g/mol. The fraction of sp³-hybridized carbons (Fsp3) is 0.400. The first-order chi connectivity index (χ1) is 12.6. The number of carbonyl (C=O) groups is 2. The summed E-state index contributed by atoms with van der Waals surface area (Å²) in [6, 6.07) is 10.9. The number of esters is 1. The summed E-state index contributed by atoms with van der Waals surface area (Å²) >= 11 is 1.43. The van der Waals surface area contributed by atoms with E-state index in [0.717, 1.165) is 38.4 Å². The number of nitrogens with zero attached hydrogens (tertiary/aromatic N) is 1. The summed E-state index contributed by atoms with van der Waals surface area (Å²) in [5, 5.41) is 1.89. The number of ketones is 1. The summed E-state index contributed by atoms with van der Waals surface area (Å²) in [6.07, 6.45) is 0. The Bertz CT molecular complexity index is 721. The molecule has 1 saturated heterocycles. The van der Waals surface area contributed by atoms with Crippen LogP contribution in [0.3, 0.4) is 0 Å². The van der Waals surface area contributed by atoms with Gasteiger partial charge in [-0.2, -0.15) is 0 Å². The van der Waals surface area contributed by atoms with Crippen molar-refractivity contribution in [2.24, 2.45) is 0 Å². The Balaban J connectivity index is 1.51. The zero-order valence-electron chi connectivity index (χ0n) is 14.8. The molecule has 0 unspecified atom stereocenters. The maximum Gasteiger partial charge on any atom is 0.313 e. The molecular weight excluding hydrogens is 350 g/mol. The van der Waals surface area contributed by atoms with E-state index >= 15 is 0 Å². The van der Waals surface area contributed by atoms with Crippen LogP contribution in [0.2, 0.25) is 0 Å². The van der Waals surface area contributed by atoms with Crippen LogP contribution in [0.15, 0.2) is 41.8 Å². The number of carbonyl (C=O) groups excluding carboxylic acids is 2. The number of ether oxygens (including phenoxy) is 2. The van der Waals surface area contributed by atoms with Crippen LogP contribution in [-0.4, -0.2) is 56.1 Å². The summed E-state index contributed by atoms with van der Waals surface area (Å²) in [6.45, 7) is 6.18. The molecule has 2 aromatic rings. The molecule has 0 amide bonds. The summed E-state index contributed by atoms with van der Waals surface area (Å²) < 4.78 is 10.7. The van der Waals surface area contributed by atoms with Crippen LogP contribution >= 0.6 is 11.3 Å². The maximum atomic E-state index is 12.3. The van der Waals surface area contributed by atoms with Crippen molar-refractivity contribution in [3.63, 3.8) is 0 Å². The van der Waals surface area contributed by atoms with Crippen molar-refractivity contribution >= 4 is 23.1 Å². The van der Waals surface area contributed by atoms with Gasteiger partial charge in [-0.15, -0.1) is 11.3 Å². The Labute approximate surface area is 157 Å². The van der Waals surface area contributed by atoms with Crippen LogP contribution in [0.5, 0.6) is 0 Å². The normalized spacial score (nSPS) is 16.2. The monoisotopic (exact) mass is 373 g/mol. The highest BCUT2D eigenvalue weighted by molar-refractivity contribution is 7.12. The van der Waals surface area contributed by atoms with Crippen molar-refractivity contribution in [3.8, 4) is 0 Å². The maximum absolute atomic E-state index is 12.3. The quantitative estimate of drug-likeness (QED) is 0.552. The van der Waals surface area contributed by atoms with Crippen molar-refractivity contribution in [1.29, 1.82) is 0 Å². The third-order valence-electron chi connectivity index (χ3n) is 4.53. The largest absolute Gasteiger partial charge is 0.464 e. The van der Waals surface area contributed by atoms with E-state index in [4.69, 9.17) is 9.47 Å². The molecule has 6 heteroatoms. The number of hydrogen-bond donors (Lipinski definition) is 0. The minimum atomic E-state index is -0.356. The fourth-order valence-electron chi connectivity index (χ4n) is 2.83. The highest BCUT2D eigenvalue weighted by Gasteiger charge is 2.18. The smallest absolute Gasteiger partial charge is 0.313 e. The molecule has 0 spiro atoms. The van der Waals surface area contributed by atoms with Crippen LogP contribution in [0.1, 0.15) is 33.6 Å². The molecule has 0 saturated carbocycles. The fourth-order valence-corrected chi connectivity index (χ4v) is 3.52. The van der Waals surface area contributed by atoms with E-state index in [-0.39, 0.29) is 17.7 Å². The molecule has 138 valence electrons. The lowest BCUT2D eigenvalue weighted by atomic mass is 9.98. The molecule has 5 nitrogen and oxygen atoms in total. The lowest BCUT2D eigenvalue weighted by molar-refractivity contribution is -0.145. The van der Waals surface area contributed by atoms with Gasteiger partial charge in [0.2, 0.25) is 5.78 Å². The molecule has 26 heavy (non-hydrogen) atoms. The van der Waals surface area contributed by atoms with Gasteiger partial charge in [-0.3, -0.25) is 14.5 Å². The van der Waals surface area contributed by atoms with E-state index in [1.165, 1.54) is 11.3 Å². The number of thiophene rings is 1. The molecule has 1 aliphatic rings. The second-order valence-corrected chi connectivity index (χ2v) is 7.22. The molecule has 1 aliphatic heterocycles. The Morgan fingerprint density at radius 2 is 1.92 bits per heavy atom. The molecule has 0 bridgehead atoms. The minimum absolute atomic E-state index is 0.00675. The molecule has 1 atom stereocenters. The second kappa shape index (κ2) is 9.07. The summed E-state index contributed by atoms with van der Waals surface area (Å²) in [5.41, 5.74) is 1.48. The minimum Gasteiger partial charge on any atom is -0.464 e. The number of hydrogen-bond acceptors (Lipinski definition) is 6. The topological polar surface area (TPSA) is 55.8 Å². The van der Waals surface area contributed by atoms with E-state index in [9.17, 15) is 9.59 Å². The highest BCUT2D eigenvalue weighted by atomic mass is 32.1. The molecule has 1 fully saturated rings.